The van der Waals surface area contributed by atoms with E-state index in [4.69, 9.17) is 8.92 Å². The summed E-state index contributed by atoms with van der Waals surface area (Å²) < 4.78 is 37.7. The van der Waals surface area contributed by atoms with Crippen molar-refractivity contribution in [3.8, 4) is 0 Å². The Morgan fingerprint density at radius 1 is 1.00 bits per heavy atom. The molecule has 3 saturated carbocycles. The lowest BCUT2D eigenvalue weighted by Gasteiger charge is -2.57. The van der Waals surface area contributed by atoms with E-state index in [1.165, 1.54) is 12.5 Å². The second-order valence-corrected chi connectivity index (χ2v) is 13.3. The zero-order chi connectivity index (χ0) is 24.3. The quantitative estimate of drug-likeness (QED) is 0.298. The van der Waals surface area contributed by atoms with E-state index in [1.807, 2.05) is 19.1 Å². The number of carbonyl (C=O) groups is 1. The Labute approximate surface area is 204 Å². The predicted octanol–water partition coefficient (Wildman–Crippen LogP) is 5.96. The van der Waals surface area contributed by atoms with E-state index in [1.54, 1.807) is 12.1 Å². The highest BCUT2D eigenvalue weighted by Gasteiger charge is 2.59. The molecule has 0 amide bonds. The first kappa shape index (κ1) is 24.1. The molecule has 7 atom stereocenters. The number of hydrogen-bond acceptors (Lipinski definition) is 5. The van der Waals surface area contributed by atoms with Crippen LogP contribution in [-0.4, -0.2) is 26.6 Å². The largest absolute Gasteiger partial charge is 0.462 e. The zero-order valence-electron chi connectivity index (χ0n) is 20.9. The first-order chi connectivity index (χ1) is 16.0. The molecule has 0 unspecified atom stereocenters. The molecular formula is C28H38O5S. The van der Waals surface area contributed by atoms with E-state index in [0.717, 1.165) is 56.9 Å². The Bertz CT molecular complexity index is 1090. The van der Waals surface area contributed by atoms with Crippen LogP contribution < -0.4 is 0 Å². The third-order valence-corrected chi connectivity index (χ3v) is 11.2. The van der Waals surface area contributed by atoms with Crippen molar-refractivity contribution in [2.45, 2.75) is 96.2 Å². The van der Waals surface area contributed by atoms with Crippen LogP contribution >= 0.6 is 0 Å². The number of fused-ring (bicyclic) bond motifs is 5. The Balaban J connectivity index is 1.35. The summed E-state index contributed by atoms with van der Waals surface area (Å²) in [7, 11) is -3.78. The Kier molecular flexibility index (Phi) is 6.00. The van der Waals surface area contributed by atoms with Gasteiger partial charge in [0.25, 0.3) is 10.1 Å². The minimum atomic E-state index is -3.78. The summed E-state index contributed by atoms with van der Waals surface area (Å²) in [6, 6.07) is 6.94. The van der Waals surface area contributed by atoms with Crippen molar-refractivity contribution in [2.24, 2.45) is 28.6 Å². The van der Waals surface area contributed by atoms with Crippen molar-refractivity contribution >= 4 is 16.1 Å². The van der Waals surface area contributed by atoms with Gasteiger partial charge < -0.3 is 4.74 Å². The van der Waals surface area contributed by atoms with Crippen LogP contribution in [0.4, 0.5) is 0 Å². The highest BCUT2D eigenvalue weighted by Crippen LogP contribution is 2.65. The van der Waals surface area contributed by atoms with Crippen LogP contribution in [0.5, 0.6) is 0 Å². The summed E-state index contributed by atoms with van der Waals surface area (Å²) in [6.07, 6.45) is 10.0. The smallest absolute Gasteiger partial charge is 0.302 e. The van der Waals surface area contributed by atoms with Gasteiger partial charge >= 0.3 is 5.97 Å². The van der Waals surface area contributed by atoms with Crippen molar-refractivity contribution in [1.82, 2.24) is 0 Å². The van der Waals surface area contributed by atoms with Crippen LogP contribution in [0.15, 0.2) is 40.8 Å². The zero-order valence-corrected chi connectivity index (χ0v) is 21.7. The molecule has 0 aromatic heterocycles. The molecular weight excluding hydrogens is 448 g/mol. The van der Waals surface area contributed by atoms with Crippen molar-refractivity contribution in [2.75, 3.05) is 0 Å². The molecule has 34 heavy (non-hydrogen) atoms. The summed E-state index contributed by atoms with van der Waals surface area (Å²) >= 11 is 0. The molecule has 4 aliphatic carbocycles. The Hall–Kier alpha value is -1.66. The number of benzene rings is 1. The third kappa shape index (κ3) is 3.95. The minimum Gasteiger partial charge on any atom is -0.462 e. The van der Waals surface area contributed by atoms with Gasteiger partial charge in [0, 0.05) is 13.3 Å². The second kappa shape index (κ2) is 8.48. The molecule has 3 fully saturated rings. The minimum absolute atomic E-state index is 0.0125. The maximum atomic E-state index is 13.1. The van der Waals surface area contributed by atoms with Gasteiger partial charge in [0.1, 0.15) is 6.10 Å². The molecule has 0 heterocycles. The normalized spacial score (nSPS) is 39.4. The Morgan fingerprint density at radius 2 is 1.74 bits per heavy atom. The van der Waals surface area contributed by atoms with Crippen molar-refractivity contribution in [3.05, 3.63) is 41.5 Å². The first-order valence-corrected chi connectivity index (χ1v) is 14.3. The maximum absolute atomic E-state index is 13.1. The number of aryl methyl sites for hydroxylation is 1. The standard InChI is InChI=1S/C28H38O5S/c1-18-5-8-22(9-6-18)34(30,31)33-26-12-11-24-23-10-7-20-17-21(32-19(2)29)13-15-27(20,3)25(23)14-16-28(24,26)4/h5-9,21,23-26H,10-17H2,1-4H3/t21-,23+,24+,25+,26-,27+,28+/m1/s1. The number of rotatable bonds is 4. The second-order valence-electron chi connectivity index (χ2n) is 11.7. The average molecular weight is 487 g/mol. The molecule has 1 aromatic carbocycles. The number of hydrogen-bond donors (Lipinski definition) is 0. The van der Waals surface area contributed by atoms with Crippen LogP contribution in [-0.2, 0) is 23.8 Å². The summed E-state index contributed by atoms with van der Waals surface area (Å²) in [5.41, 5.74) is 2.55. The lowest BCUT2D eigenvalue weighted by Crippen LogP contribution is -2.51. The fraction of sp³-hybridized carbons (Fsp3) is 0.679. The van der Waals surface area contributed by atoms with E-state index >= 15 is 0 Å². The molecule has 5 nitrogen and oxygen atoms in total. The molecule has 0 saturated heterocycles. The number of esters is 1. The monoisotopic (exact) mass is 486 g/mol. The topological polar surface area (TPSA) is 69.7 Å². The van der Waals surface area contributed by atoms with Gasteiger partial charge in [-0.25, -0.2) is 0 Å². The lowest BCUT2D eigenvalue weighted by molar-refractivity contribution is -0.148. The number of carbonyl (C=O) groups excluding carboxylic acids is 1. The van der Waals surface area contributed by atoms with E-state index in [9.17, 15) is 13.2 Å². The van der Waals surface area contributed by atoms with Gasteiger partial charge in [0.15, 0.2) is 0 Å². The predicted molar refractivity (Wildman–Crippen MR) is 130 cm³/mol. The molecule has 0 aliphatic heterocycles. The van der Waals surface area contributed by atoms with Crippen molar-refractivity contribution in [1.29, 1.82) is 0 Å². The molecule has 0 spiro atoms. The van der Waals surface area contributed by atoms with E-state index < -0.39 is 10.1 Å². The fourth-order valence-corrected chi connectivity index (χ4v) is 9.19. The van der Waals surface area contributed by atoms with Crippen LogP contribution in [0.3, 0.4) is 0 Å². The van der Waals surface area contributed by atoms with E-state index in [-0.39, 0.29) is 33.9 Å². The van der Waals surface area contributed by atoms with Crippen LogP contribution in [0.1, 0.15) is 77.7 Å². The molecule has 186 valence electrons. The summed E-state index contributed by atoms with van der Waals surface area (Å²) in [4.78, 5) is 11.7. The molecule has 0 bridgehead atoms. The van der Waals surface area contributed by atoms with Crippen molar-refractivity contribution < 1.29 is 22.1 Å². The highest BCUT2D eigenvalue weighted by molar-refractivity contribution is 7.86. The molecule has 0 radical (unpaired) electrons. The SMILES string of the molecule is CC(=O)O[C@@H]1CC[C@@]2(C)C(=CC[C@H]3[C@@H]4CC[C@@H](OS(=O)(=O)c5ccc(C)cc5)[C@@]4(C)CC[C@@H]32)C1. The van der Waals surface area contributed by atoms with Gasteiger partial charge in [-0.3, -0.25) is 8.98 Å². The number of ether oxygens (including phenoxy) is 1. The highest BCUT2D eigenvalue weighted by atomic mass is 32.2. The number of allylic oxidation sites excluding steroid dienone is 1. The van der Waals surface area contributed by atoms with Gasteiger partial charge in [-0.15, -0.1) is 0 Å². The van der Waals surface area contributed by atoms with Gasteiger partial charge in [-0.05, 0) is 92.6 Å². The van der Waals surface area contributed by atoms with Gasteiger partial charge in [0.05, 0.1) is 11.0 Å². The van der Waals surface area contributed by atoms with E-state index in [0.29, 0.717) is 17.8 Å². The summed E-state index contributed by atoms with van der Waals surface area (Å²) in [5, 5.41) is 0. The Morgan fingerprint density at radius 3 is 2.44 bits per heavy atom. The van der Waals surface area contributed by atoms with Crippen LogP contribution in [0.2, 0.25) is 0 Å². The first-order valence-electron chi connectivity index (χ1n) is 12.9. The summed E-state index contributed by atoms with van der Waals surface area (Å²) in [6.45, 7) is 8.15. The molecule has 0 N–H and O–H groups in total. The summed E-state index contributed by atoms with van der Waals surface area (Å²) in [5.74, 6) is 1.46. The van der Waals surface area contributed by atoms with Crippen LogP contribution in [0, 0.1) is 35.5 Å². The fourth-order valence-electron chi connectivity index (χ4n) is 7.99. The van der Waals surface area contributed by atoms with E-state index in [2.05, 4.69) is 19.9 Å². The van der Waals surface area contributed by atoms with Gasteiger partial charge in [0.2, 0.25) is 0 Å². The molecule has 1 aromatic rings. The molecule has 6 heteroatoms. The van der Waals surface area contributed by atoms with Gasteiger partial charge in [-0.2, -0.15) is 8.42 Å². The van der Waals surface area contributed by atoms with Gasteiger partial charge in [-0.1, -0.05) is 43.2 Å². The maximum Gasteiger partial charge on any atom is 0.302 e. The lowest BCUT2D eigenvalue weighted by atomic mass is 9.48. The van der Waals surface area contributed by atoms with Crippen molar-refractivity contribution in [3.63, 3.8) is 0 Å². The van der Waals surface area contributed by atoms with Crippen LogP contribution in [0.25, 0.3) is 0 Å². The molecule has 5 rings (SSSR count). The third-order valence-electron chi connectivity index (χ3n) is 9.86. The average Bonchev–Trinajstić information content (AvgIpc) is 3.09. The molecule has 4 aliphatic rings.